The zero-order valence-electron chi connectivity index (χ0n) is 9.06. The fourth-order valence-corrected chi connectivity index (χ4v) is 3.47. The van der Waals surface area contributed by atoms with Crippen molar-refractivity contribution in [1.29, 1.82) is 0 Å². The van der Waals surface area contributed by atoms with E-state index in [9.17, 15) is 8.42 Å². The number of aromatic nitrogens is 2. The van der Waals surface area contributed by atoms with Gasteiger partial charge < -0.3 is 0 Å². The molecule has 0 N–H and O–H groups in total. The lowest BCUT2D eigenvalue weighted by molar-refractivity contribution is 0.579. The Labute approximate surface area is 119 Å². The highest BCUT2D eigenvalue weighted by Crippen LogP contribution is 2.32. The number of halogens is 3. The highest BCUT2D eigenvalue weighted by atomic mass is 35.5. The van der Waals surface area contributed by atoms with Gasteiger partial charge in [-0.15, -0.1) is 0 Å². The molecule has 0 saturated carbocycles. The average Bonchev–Trinajstić information content (AvgIpc) is 2.70. The van der Waals surface area contributed by atoms with E-state index in [-0.39, 0.29) is 20.0 Å². The van der Waals surface area contributed by atoms with Crippen molar-refractivity contribution in [2.24, 2.45) is 0 Å². The van der Waals surface area contributed by atoms with E-state index in [1.54, 1.807) is 13.0 Å². The van der Waals surface area contributed by atoms with E-state index in [1.807, 2.05) is 0 Å². The van der Waals surface area contributed by atoms with Gasteiger partial charge in [-0.25, -0.2) is 0 Å². The maximum atomic E-state index is 12.2. The van der Waals surface area contributed by atoms with Crippen molar-refractivity contribution >= 4 is 44.8 Å². The van der Waals surface area contributed by atoms with E-state index in [0.717, 1.165) is 4.09 Å². The lowest BCUT2D eigenvalue weighted by atomic mass is 10.4. The van der Waals surface area contributed by atoms with Gasteiger partial charge in [0.25, 0.3) is 10.0 Å². The average molecular weight is 326 g/mol. The molecule has 8 heteroatoms. The first-order chi connectivity index (χ1) is 8.32. The van der Waals surface area contributed by atoms with E-state index in [1.165, 1.54) is 18.3 Å². The minimum absolute atomic E-state index is 0.00227. The number of hydrogen-bond donors (Lipinski definition) is 0. The molecule has 18 heavy (non-hydrogen) atoms. The molecule has 0 fully saturated rings. The lowest BCUT2D eigenvalue weighted by Gasteiger charge is -2.07. The molecule has 0 unspecified atom stereocenters. The van der Waals surface area contributed by atoms with Crippen LogP contribution in [-0.2, 0) is 10.0 Å². The van der Waals surface area contributed by atoms with Crippen LogP contribution in [0.2, 0.25) is 15.1 Å². The molecule has 0 atom stereocenters. The number of aryl methyl sites for hydroxylation is 1. The molecule has 0 aliphatic carbocycles. The molecule has 0 aliphatic heterocycles. The fourth-order valence-electron chi connectivity index (χ4n) is 1.33. The second-order valence-corrected chi connectivity index (χ2v) is 6.52. The number of nitrogens with zero attached hydrogens (tertiary/aromatic N) is 2. The molecule has 1 aromatic heterocycles. The lowest BCUT2D eigenvalue weighted by Crippen LogP contribution is -2.14. The van der Waals surface area contributed by atoms with Crippen LogP contribution >= 0.6 is 34.8 Å². The van der Waals surface area contributed by atoms with Crippen LogP contribution in [0, 0.1) is 6.92 Å². The SMILES string of the molecule is Cc1ccn(S(=O)(=O)c2cc(Cl)c(Cl)cc2Cl)n1. The Hall–Kier alpha value is -0.750. The summed E-state index contributed by atoms with van der Waals surface area (Å²) in [6.07, 6.45) is 1.34. The fraction of sp³-hybridized carbons (Fsp3) is 0.100. The van der Waals surface area contributed by atoms with E-state index >= 15 is 0 Å². The van der Waals surface area contributed by atoms with Crippen LogP contribution in [0.3, 0.4) is 0 Å². The zero-order chi connectivity index (χ0) is 13.5. The molecule has 4 nitrogen and oxygen atoms in total. The molecule has 96 valence electrons. The predicted molar refractivity (Wildman–Crippen MR) is 71.0 cm³/mol. The van der Waals surface area contributed by atoms with Crippen molar-refractivity contribution in [2.75, 3.05) is 0 Å². The van der Waals surface area contributed by atoms with Crippen LogP contribution in [0.4, 0.5) is 0 Å². The summed E-state index contributed by atoms with van der Waals surface area (Å²) < 4.78 is 25.3. The van der Waals surface area contributed by atoms with Gasteiger partial charge in [0, 0.05) is 6.20 Å². The molecule has 2 aromatic rings. The normalized spacial score (nSPS) is 11.8. The number of benzene rings is 1. The van der Waals surface area contributed by atoms with Gasteiger partial charge in [0.15, 0.2) is 0 Å². The van der Waals surface area contributed by atoms with Gasteiger partial charge >= 0.3 is 0 Å². The highest BCUT2D eigenvalue weighted by molar-refractivity contribution is 7.90. The largest absolute Gasteiger partial charge is 0.284 e. The number of rotatable bonds is 2. The standard InChI is InChI=1S/C10H7Cl3N2O2S/c1-6-2-3-15(14-6)18(16,17)10-5-8(12)7(11)4-9(10)13/h2-5H,1H3. The van der Waals surface area contributed by atoms with E-state index < -0.39 is 10.0 Å². The predicted octanol–water partition coefficient (Wildman–Crippen LogP) is 3.39. The Morgan fingerprint density at radius 1 is 1.11 bits per heavy atom. The molecule has 0 spiro atoms. The molecule has 2 rings (SSSR count). The minimum Gasteiger partial charge on any atom is -0.199 e. The second kappa shape index (κ2) is 4.74. The Morgan fingerprint density at radius 2 is 1.72 bits per heavy atom. The molecule has 0 bridgehead atoms. The molecular weight excluding hydrogens is 319 g/mol. The molecule has 0 aliphatic rings. The third-order valence-corrected chi connectivity index (χ3v) is 4.93. The van der Waals surface area contributed by atoms with Crippen LogP contribution in [0.25, 0.3) is 0 Å². The summed E-state index contributed by atoms with van der Waals surface area (Å²) >= 11 is 17.4. The smallest absolute Gasteiger partial charge is 0.199 e. The molecular formula is C10H7Cl3N2O2S. The Balaban J connectivity index is 2.65. The van der Waals surface area contributed by atoms with Gasteiger partial charge in [-0.1, -0.05) is 34.8 Å². The Morgan fingerprint density at radius 3 is 2.28 bits per heavy atom. The van der Waals surface area contributed by atoms with Crippen molar-refractivity contribution in [3.05, 3.63) is 45.2 Å². The summed E-state index contributed by atoms with van der Waals surface area (Å²) in [6, 6.07) is 4.07. The van der Waals surface area contributed by atoms with Gasteiger partial charge in [-0.05, 0) is 25.1 Å². The molecule has 0 saturated heterocycles. The summed E-state index contributed by atoms with van der Waals surface area (Å²) in [5.41, 5.74) is 0.578. The first-order valence-electron chi connectivity index (χ1n) is 4.75. The molecule has 1 aromatic carbocycles. The summed E-state index contributed by atoms with van der Waals surface area (Å²) in [4.78, 5) is -0.137. The topological polar surface area (TPSA) is 52.0 Å². The van der Waals surface area contributed by atoms with Crippen LogP contribution < -0.4 is 0 Å². The van der Waals surface area contributed by atoms with Gasteiger partial charge in [0.2, 0.25) is 0 Å². The van der Waals surface area contributed by atoms with Crippen molar-refractivity contribution in [3.8, 4) is 0 Å². The van der Waals surface area contributed by atoms with Crippen molar-refractivity contribution in [3.63, 3.8) is 0 Å². The zero-order valence-corrected chi connectivity index (χ0v) is 12.1. The van der Waals surface area contributed by atoms with Crippen molar-refractivity contribution in [2.45, 2.75) is 11.8 Å². The van der Waals surface area contributed by atoms with Crippen LogP contribution in [-0.4, -0.2) is 17.6 Å². The van der Waals surface area contributed by atoms with E-state index in [0.29, 0.717) is 5.69 Å². The Kier molecular flexibility index (Phi) is 3.60. The van der Waals surface area contributed by atoms with Gasteiger partial charge in [-0.3, -0.25) is 0 Å². The van der Waals surface area contributed by atoms with E-state index in [2.05, 4.69) is 5.10 Å². The number of hydrogen-bond acceptors (Lipinski definition) is 3. The van der Waals surface area contributed by atoms with Crippen LogP contribution in [0.5, 0.6) is 0 Å². The highest BCUT2D eigenvalue weighted by Gasteiger charge is 2.22. The van der Waals surface area contributed by atoms with E-state index in [4.69, 9.17) is 34.8 Å². The van der Waals surface area contributed by atoms with Crippen molar-refractivity contribution in [1.82, 2.24) is 9.19 Å². The first kappa shape index (κ1) is 13.7. The third-order valence-electron chi connectivity index (χ3n) is 2.20. The molecule has 0 amide bonds. The minimum atomic E-state index is -3.86. The monoisotopic (exact) mass is 324 g/mol. The second-order valence-electron chi connectivity index (χ2n) is 3.53. The van der Waals surface area contributed by atoms with Crippen LogP contribution in [0.1, 0.15) is 5.69 Å². The molecule has 1 heterocycles. The van der Waals surface area contributed by atoms with Crippen LogP contribution in [0.15, 0.2) is 29.3 Å². The Bertz CT molecular complexity index is 710. The summed E-state index contributed by atoms with van der Waals surface area (Å²) in [7, 11) is -3.86. The summed E-state index contributed by atoms with van der Waals surface area (Å²) in [5, 5.41) is 4.15. The molecule has 0 radical (unpaired) electrons. The quantitative estimate of drug-likeness (QED) is 0.795. The van der Waals surface area contributed by atoms with Gasteiger partial charge in [0.05, 0.1) is 20.8 Å². The third kappa shape index (κ3) is 2.36. The maximum absolute atomic E-state index is 12.2. The first-order valence-corrected chi connectivity index (χ1v) is 7.32. The maximum Gasteiger partial charge on any atom is 0.284 e. The summed E-state index contributed by atoms with van der Waals surface area (Å²) in [5.74, 6) is 0. The van der Waals surface area contributed by atoms with Gasteiger partial charge in [-0.2, -0.15) is 17.6 Å². The summed E-state index contributed by atoms with van der Waals surface area (Å²) in [6.45, 7) is 1.68. The van der Waals surface area contributed by atoms with Gasteiger partial charge in [0.1, 0.15) is 4.90 Å². The van der Waals surface area contributed by atoms with Crippen molar-refractivity contribution < 1.29 is 8.42 Å².